The second-order valence-electron chi connectivity index (χ2n) is 6.27. The summed E-state index contributed by atoms with van der Waals surface area (Å²) in [6.07, 6.45) is 9.92. The van der Waals surface area contributed by atoms with Crippen LogP contribution in [-0.2, 0) is 6.54 Å². The van der Waals surface area contributed by atoms with Gasteiger partial charge in [-0.05, 0) is 50.4 Å². The van der Waals surface area contributed by atoms with Crippen LogP contribution in [0.1, 0.15) is 25.0 Å². The van der Waals surface area contributed by atoms with E-state index in [1.807, 2.05) is 16.7 Å². The number of piperidine rings is 1. The summed E-state index contributed by atoms with van der Waals surface area (Å²) in [6, 6.07) is 1.94. The number of rotatable bonds is 2. The lowest BCUT2D eigenvalue weighted by atomic mass is 9.78. The van der Waals surface area contributed by atoms with Crippen LogP contribution < -0.4 is 5.32 Å². The molecule has 114 valence electrons. The maximum absolute atomic E-state index is 4.61. The van der Waals surface area contributed by atoms with E-state index in [0.29, 0.717) is 5.41 Å². The van der Waals surface area contributed by atoms with Crippen molar-refractivity contribution in [3.05, 3.63) is 30.4 Å². The zero-order valence-corrected chi connectivity index (χ0v) is 13.0. The molecule has 0 atom stereocenters. The minimum Gasteiger partial charge on any atom is -0.317 e. The van der Waals surface area contributed by atoms with Crippen LogP contribution in [-0.4, -0.2) is 45.4 Å². The minimum atomic E-state index is 0. The van der Waals surface area contributed by atoms with Gasteiger partial charge in [-0.3, -0.25) is 9.30 Å². The molecule has 0 saturated carbocycles. The third-order valence-corrected chi connectivity index (χ3v) is 4.85. The molecular weight excluding hydrogens is 286 g/mol. The highest BCUT2D eigenvalue weighted by molar-refractivity contribution is 5.85. The van der Waals surface area contributed by atoms with Gasteiger partial charge in [0.05, 0.1) is 5.69 Å². The van der Waals surface area contributed by atoms with Crippen molar-refractivity contribution in [3.8, 4) is 0 Å². The van der Waals surface area contributed by atoms with Crippen LogP contribution in [0.15, 0.2) is 24.7 Å². The summed E-state index contributed by atoms with van der Waals surface area (Å²) in [4.78, 5) is 11.5. The Labute approximate surface area is 131 Å². The summed E-state index contributed by atoms with van der Waals surface area (Å²) in [5.41, 5.74) is 1.71. The Kier molecular flexibility index (Phi) is 4.15. The normalized spacial score (nSPS) is 21.7. The Morgan fingerprint density at radius 1 is 1.24 bits per heavy atom. The molecule has 4 heterocycles. The summed E-state index contributed by atoms with van der Waals surface area (Å²) >= 11 is 0. The second-order valence-corrected chi connectivity index (χ2v) is 6.27. The lowest BCUT2D eigenvalue weighted by Gasteiger charge is -2.33. The standard InChI is InChI=1S/C15H21N5.ClH/c1-5-17-14-18-13(11-20(14)8-1)10-19-9-4-15(12-19)2-6-16-7-3-15;/h1,5,8,11,16H,2-4,6-7,9-10,12H2;1H. The average molecular weight is 308 g/mol. The van der Waals surface area contributed by atoms with E-state index in [4.69, 9.17) is 0 Å². The van der Waals surface area contributed by atoms with Crippen LogP contribution in [0.3, 0.4) is 0 Å². The SMILES string of the molecule is Cl.c1cnc2nc(CN3CCC4(CCNCC4)C3)cn2c1. The minimum absolute atomic E-state index is 0. The Morgan fingerprint density at radius 2 is 2.10 bits per heavy atom. The summed E-state index contributed by atoms with van der Waals surface area (Å²) in [5, 5.41) is 3.48. The van der Waals surface area contributed by atoms with Crippen LogP contribution in [0, 0.1) is 5.41 Å². The Hall–Kier alpha value is -1.17. The van der Waals surface area contributed by atoms with Crippen molar-refractivity contribution in [3.63, 3.8) is 0 Å². The van der Waals surface area contributed by atoms with E-state index < -0.39 is 0 Å². The highest BCUT2D eigenvalue weighted by atomic mass is 35.5. The number of hydrogen-bond donors (Lipinski definition) is 1. The quantitative estimate of drug-likeness (QED) is 0.918. The summed E-state index contributed by atoms with van der Waals surface area (Å²) in [5.74, 6) is 0.804. The number of imidazole rings is 1. The van der Waals surface area contributed by atoms with E-state index in [1.54, 1.807) is 6.20 Å². The van der Waals surface area contributed by atoms with Crippen LogP contribution in [0.2, 0.25) is 0 Å². The summed E-state index contributed by atoms with van der Waals surface area (Å²) in [6.45, 7) is 5.77. The Morgan fingerprint density at radius 3 is 2.90 bits per heavy atom. The number of nitrogens with one attached hydrogen (secondary N) is 1. The third-order valence-electron chi connectivity index (χ3n) is 4.85. The van der Waals surface area contributed by atoms with Crippen LogP contribution in [0.25, 0.3) is 5.78 Å². The number of hydrogen-bond acceptors (Lipinski definition) is 4. The zero-order valence-electron chi connectivity index (χ0n) is 12.2. The summed E-state index contributed by atoms with van der Waals surface area (Å²) < 4.78 is 2.01. The average Bonchev–Trinajstić information content (AvgIpc) is 3.04. The Bertz CT molecular complexity index is 572. The van der Waals surface area contributed by atoms with Crippen LogP contribution in [0.5, 0.6) is 0 Å². The third kappa shape index (κ3) is 2.91. The van der Waals surface area contributed by atoms with Crippen LogP contribution >= 0.6 is 12.4 Å². The molecule has 0 radical (unpaired) electrons. The monoisotopic (exact) mass is 307 g/mol. The van der Waals surface area contributed by atoms with Crippen molar-refractivity contribution in [2.24, 2.45) is 5.41 Å². The molecule has 2 fully saturated rings. The van der Waals surface area contributed by atoms with E-state index >= 15 is 0 Å². The molecule has 1 spiro atoms. The maximum atomic E-state index is 4.61. The van der Waals surface area contributed by atoms with Gasteiger partial charge in [0, 0.05) is 31.7 Å². The predicted molar refractivity (Wildman–Crippen MR) is 84.7 cm³/mol. The fourth-order valence-corrected chi connectivity index (χ4v) is 3.71. The molecule has 2 aliphatic heterocycles. The van der Waals surface area contributed by atoms with E-state index in [0.717, 1.165) is 18.0 Å². The molecular formula is C15H22ClN5. The maximum Gasteiger partial charge on any atom is 0.233 e. The largest absolute Gasteiger partial charge is 0.317 e. The van der Waals surface area contributed by atoms with Crippen molar-refractivity contribution in [1.82, 2.24) is 24.6 Å². The van der Waals surface area contributed by atoms with Gasteiger partial charge in [-0.25, -0.2) is 9.97 Å². The van der Waals surface area contributed by atoms with Crippen LogP contribution in [0.4, 0.5) is 0 Å². The topological polar surface area (TPSA) is 45.5 Å². The van der Waals surface area contributed by atoms with Crippen molar-refractivity contribution in [2.75, 3.05) is 26.2 Å². The van der Waals surface area contributed by atoms with Gasteiger partial charge in [-0.2, -0.15) is 0 Å². The van der Waals surface area contributed by atoms with Gasteiger partial charge in [0.25, 0.3) is 0 Å². The van der Waals surface area contributed by atoms with Crippen molar-refractivity contribution in [1.29, 1.82) is 0 Å². The molecule has 0 unspecified atom stereocenters. The molecule has 2 aromatic heterocycles. The highest BCUT2D eigenvalue weighted by Gasteiger charge is 2.38. The van der Waals surface area contributed by atoms with Gasteiger partial charge in [0.2, 0.25) is 5.78 Å². The number of likely N-dealkylation sites (tertiary alicyclic amines) is 1. The van der Waals surface area contributed by atoms with E-state index in [-0.39, 0.29) is 12.4 Å². The fourth-order valence-electron chi connectivity index (χ4n) is 3.71. The molecule has 4 rings (SSSR count). The summed E-state index contributed by atoms with van der Waals surface area (Å²) in [7, 11) is 0. The van der Waals surface area contributed by atoms with E-state index in [2.05, 4.69) is 26.4 Å². The fraction of sp³-hybridized carbons (Fsp3) is 0.600. The van der Waals surface area contributed by atoms with Crippen molar-refractivity contribution >= 4 is 18.2 Å². The number of aromatic nitrogens is 3. The molecule has 0 aliphatic carbocycles. The Balaban J connectivity index is 0.00000132. The molecule has 0 amide bonds. The van der Waals surface area contributed by atoms with Gasteiger partial charge in [0.1, 0.15) is 0 Å². The number of nitrogens with zero attached hydrogens (tertiary/aromatic N) is 4. The molecule has 0 aromatic carbocycles. The smallest absolute Gasteiger partial charge is 0.233 e. The molecule has 2 aromatic rings. The first-order valence-corrected chi connectivity index (χ1v) is 7.55. The lowest BCUT2D eigenvalue weighted by Crippen LogP contribution is -2.38. The second kappa shape index (κ2) is 5.91. The van der Waals surface area contributed by atoms with Gasteiger partial charge in [-0.1, -0.05) is 0 Å². The molecule has 5 nitrogen and oxygen atoms in total. The zero-order chi connectivity index (χ0) is 13.4. The van der Waals surface area contributed by atoms with E-state index in [1.165, 1.54) is 45.4 Å². The van der Waals surface area contributed by atoms with Crippen molar-refractivity contribution in [2.45, 2.75) is 25.8 Å². The van der Waals surface area contributed by atoms with Gasteiger partial charge >= 0.3 is 0 Å². The molecule has 1 N–H and O–H groups in total. The highest BCUT2D eigenvalue weighted by Crippen LogP contribution is 2.38. The van der Waals surface area contributed by atoms with Gasteiger partial charge in [-0.15, -0.1) is 12.4 Å². The molecule has 6 heteroatoms. The molecule has 2 saturated heterocycles. The molecule has 21 heavy (non-hydrogen) atoms. The molecule has 2 aliphatic rings. The number of fused-ring (bicyclic) bond motifs is 1. The first kappa shape index (κ1) is 14.8. The lowest BCUT2D eigenvalue weighted by molar-refractivity contribution is 0.193. The molecule has 0 bridgehead atoms. The van der Waals surface area contributed by atoms with Gasteiger partial charge < -0.3 is 5.32 Å². The van der Waals surface area contributed by atoms with Crippen molar-refractivity contribution < 1.29 is 0 Å². The first-order valence-electron chi connectivity index (χ1n) is 7.55. The number of halogens is 1. The first-order chi connectivity index (χ1) is 9.83. The van der Waals surface area contributed by atoms with E-state index in [9.17, 15) is 0 Å². The predicted octanol–water partition coefficient (Wildman–Crippen LogP) is 1.73. The van der Waals surface area contributed by atoms with Gasteiger partial charge in [0.15, 0.2) is 0 Å².